The van der Waals surface area contributed by atoms with Gasteiger partial charge in [-0.25, -0.2) is 10.8 Å². The summed E-state index contributed by atoms with van der Waals surface area (Å²) < 4.78 is 0. The van der Waals surface area contributed by atoms with Crippen LogP contribution in [0.1, 0.15) is 13.8 Å². The second-order valence-corrected chi connectivity index (χ2v) is 3.55. The molecule has 1 amide bonds. The van der Waals surface area contributed by atoms with Crippen molar-refractivity contribution in [1.82, 2.24) is 9.97 Å². The van der Waals surface area contributed by atoms with Crippen LogP contribution in [0.5, 0.6) is 0 Å². The number of rotatable bonds is 4. The summed E-state index contributed by atoms with van der Waals surface area (Å²) in [6.45, 7) is 3.30. The van der Waals surface area contributed by atoms with Gasteiger partial charge >= 0.3 is 0 Å². The molecule has 0 aliphatic carbocycles. The first-order valence-corrected chi connectivity index (χ1v) is 4.32. The molecule has 0 unspecified atom stereocenters. The van der Waals surface area contributed by atoms with Crippen molar-refractivity contribution in [3.8, 4) is 0 Å². The highest BCUT2D eigenvalue weighted by Crippen LogP contribution is 2.12. The number of amides is 1. The van der Waals surface area contributed by atoms with Crippen molar-refractivity contribution >= 4 is 17.5 Å². The maximum Gasteiger partial charge on any atom is 0.242 e. The van der Waals surface area contributed by atoms with Gasteiger partial charge in [-0.3, -0.25) is 9.78 Å². The Kier molecular flexibility index (Phi) is 3.05. The van der Waals surface area contributed by atoms with Gasteiger partial charge in [0.1, 0.15) is 11.4 Å². The normalized spacial score (nSPS) is 10.9. The standard InChI is InChI=1S/C8H14N6O/c1-8(2,7(9)15)13-5-3-11-4-6(12-5)14-10/h3-4H,10H2,1-2H3,(H2,9,15)(H2,12,13,14). The number of hydrogen-bond donors (Lipinski definition) is 4. The number of hydrogen-bond acceptors (Lipinski definition) is 6. The molecule has 1 aromatic heterocycles. The fraction of sp³-hybridized carbons (Fsp3) is 0.375. The largest absolute Gasteiger partial charge is 0.368 e. The number of nitrogens with zero attached hydrogens (tertiary/aromatic N) is 2. The smallest absolute Gasteiger partial charge is 0.242 e. The number of nitrogen functional groups attached to an aromatic ring is 1. The molecule has 0 atom stereocenters. The van der Waals surface area contributed by atoms with Crippen LogP contribution in [0, 0.1) is 0 Å². The SMILES string of the molecule is CC(C)(Nc1cncc(NN)n1)C(N)=O. The molecule has 0 saturated heterocycles. The Morgan fingerprint density at radius 1 is 1.40 bits per heavy atom. The van der Waals surface area contributed by atoms with Crippen LogP contribution >= 0.6 is 0 Å². The number of primary amides is 1. The van der Waals surface area contributed by atoms with E-state index in [1.807, 2.05) is 0 Å². The summed E-state index contributed by atoms with van der Waals surface area (Å²) in [7, 11) is 0. The number of nitrogens with two attached hydrogens (primary N) is 2. The lowest BCUT2D eigenvalue weighted by molar-refractivity contribution is -0.121. The van der Waals surface area contributed by atoms with Gasteiger partial charge in [-0.1, -0.05) is 0 Å². The molecule has 7 nitrogen and oxygen atoms in total. The predicted molar refractivity (Wildman–Crippen MR) is 56.7 cm³/mol. The van der Waals surface area contributed by atoms with Crippen molar-refractivity contribution in [2.45, 2.75) is 19.4 Å². The second-order valence-electron chi connectivity index (χ2n) is 3.55. The van der Waals surface area contributed by atoms with Crippen LogP contribution in [-0.2, 0) is 4.79 Å². The maximum atomic E-state index is 11.1. The highest BCUT2D eigenvalue weighted by Gasteiger charge is 2.24. The average molecular weight is 210 g/mol. The molecule has 6 N–H and O–H groups in total. The summed E-state index contributed by atoms with van der Waals surface area (Å²) in [6.07, 6.45) is 2.94. The average Bonchev–Trinajstić information content (AvgIpc) is 2.17. The van der Waals surface area contributed by atoms with Gasteiger partial charge in [0.05, 0.1) is 12.4 Å². The number of nitrogens with one attached hydrogen (secondary N) is 2. The van der Waals surface area contributed by atoms with E-state index >= 15 is 0 Å². The number of aromatic nitrogens is 2. The molecule has 0 aliphatic rings. The molecule has 0 saturated carbocycles. The second kappa shape index (κ2) is 4.09. The topological polar surface area (TPSA) is 119 Å². The van der Waals surface area contributed by atoms with E-state index in [4.69, 9.17) is 11.6 Å². The van der Waals surface area contributed by atoms with Crippen molar-refractivity contribution in [3.05, 3.63) is 12.4 Å². The molecule has 15 heavy (non-hydrogen) atoms. The van der Waals surface area contributed by atoms with Crippen molar-refractivity contribution in [3.63, 3.8) is 0 Å². The lowest BCUT2D eigenvalue weighted by atomic mass is 10.1. The predicted octanol–water partition coefficient (Wildman–Crippen LogP) is -0.562. The highest BCUT2D eigenvalue weighted by atomic mass is 16.1. The van der Waals surface area contributed by atoms with Gasteiger partial charge in [-0.2, -0.15) is 0 Å². The summed E-state index contributed by atoms with van der Waals surface area (Å²) in [6, 6.07) is 0. The number of hydrazine groups is 1. The Hall–Kier alpha value is -1.89. The van der Waals surface area contributed by atoms with E-state index in [2.05, 4.69) is 20.7 Å². The molecule has 0 radical (unpaired) electrons. The highest BCUT2D eigenvalue weighted by molar-refractivity contribution is 5.86. The van der Waals surface area contributed by atoms with Gasteiger partial charge in [-0.15, -0.1) is 0 Å². The van der Waals surface area contributed by atoms with Crippen LogP contribution < -0.4 is 22.3 Å². The monoisotopic (exact) mass is 210 g/mol. The number of carbonyl (C=O) groups is 1. The van der Waals surface area contributed by atoms with Crippen molar-refractivity contribution < 1.29 is 4.79 Å². The Labute approximate surface area is 87.2 Å². The first kappa shape index (κ1) is 11.2. The number of carbonyl (C=O) groups excluding carboxylic acids is 1. The minimum absolute atomic E-state index is 0.403. The van der Waals surface area contributed by atoms with Gasteiger partial charge < -0.3 is 16.5 Å². The van der Waals surface area contributed by atoms with Crippen LogP contribution in [0.2, 0.25) is 0 Å². The first-order chi connectivity index (χ1) is 6.95. The van der Waals surface area contributed by atoms with Gasteiger partial charge in [0.25, 0.3) is 0 Å². The first-order valence-electron chi connectivity index (χ1n) is 4.32. The van der Waals surface area contributed by atoms with Crippen molar-refractivity contribution in [1.29, 1.82) is 0 Å². The van der Waals surface area contributed by atoms with Crippen LogP contribution in [-0.4, -0.2) is 21.4 Å². The van der Waals surface area contributed by atoms with Gasteiger partial charge in [-0.05, 0) is 13.8 Å². The zero-order chi connectivity index (χ0) is 11.5. The molecule has 0 aliphatic heterocycles. The molecule has 82 valence electrons. The van der Waals surface area contributed by atoms with Crippen molar-refractivity contribution in [2.75, 3.05) is 10.7 Å². The molecule has 1 aromatic rings. The van der Waals surface area contributed by atoms with Gasteiger partial charge in [0.15, 0.2) is 5.82 Å². The van der Waals surface area contributed by atoms with E-state index < -0.39 is 11.4 Å². The van der Waals surface area contributed by atoms with Gasteiger partial charge in [0.2, 0.25) is 5.91 Å². The zero-order valence-corrected chi connectivity index (χ0v) is 8.61. The quantitative estimate of drug-likeness (QED) is 0.390. The van der Waals surface area contributed by atoms with Crippen molar-refractivity contribution in [2.24, 2.45) is 11.6 Å². The fourth-order valence-corrected chi connectivity index (χ4v) is 0.878. The lowest BCUT2D eigenvalue weighted by Crippen LogP contribution is -2.45. The summed E-state index contributed by atoms with van der Waals surface area (Å²) in [4.78, 5) is 19.0. The van der Waals surface area contributed by atoms with E-state index in [0.717, 1.165) is 0 Å². The molecular formula is C8H14N6O. The molecular weight excluding hydrogens is 196 g/mol. The van der Waals surface area contributed by atoms with Crippen LogP contribution in [0.4, 0.5) is 11.6 Å². The van der Waals surface area contributed by atoms with Crippen LogP contribution in [0.15, 0.2) is 12.4 Å². The summed E-state index contributed by atoms with van der Waals surface area (Å²) in [5, 5.41) is 2.85. The third-order valence-corrected chi connectivity index (χ3v) is 1.84. The fourth-order valence-electron chi connectivity index (χ4n) is 0.878. The van der Waals surface area contributed by atoms with E-state index in [0.29, 0.717) is 11.6 Å². The number of anilines is 2. The minimum atomic E-state index is -0.887. The Morgan fingerprint density at radius 3 is 2.53 bits per heavy atom. The summed E-state index contributed by atoms with van der Waals surface area (Å²) in [5.41, 5.74) is 6.66. The van der Waals surface area contributed by atoms with E-state index in [1.54, 1.807) is 13.8 Å². The molecule has 1 heterocycles. The lowest BCUT2D eigenvalue weighted by Gasteiger charge is -2.22. The molecule has 0 spiro atoms. The Balaban J connectivity index is 2.85. The van der Waals surface area contributed by atoms with E-state index in [-0.39, 0.29) is 0 Å². The maximum absolute atomic E-state index is 11.1. The minimum Gasteiger partial charge on any atom is -0.368 e. The summed E-state index contributed by atoms with van der Waals surface area (Å²) >= 11 is 0. The molecule has 0 fully saturated rings. The molecule has 0 aromatic carbocycles. The Morgan fingerprint density at radius 2 is 2.00 bits per heavy atom. The summed E-state index contributed by atoms with van der Waals surface area (Å²) in [5.74, 6) is 5.52. The molecule has 7 heteroatoms. The van der Waals surface area contributed by atoms with Gasteiger partial charge in [0, 0.05) is 0 Å². The molecule has 1 rings (SSSR count). The molecule has 0 bridgehead atoms. The van der Waals surface area contributed by atoms with E-state index in [9.17, 15) is 4.79 Å². The third kappa shape index (κ3) is 2.78. The van der Waals surface area contributed by atoms with E-state index in [1.165, 1.54) is 12.4 Å². The Bertz CT molecular complexity index is 364. The van der Waals surface area contributed by atoms with Crippen LogP contribution in [0.25, 0.3) is 0 Å². The van der Waals surface area contributed by atoms with Crippen LogP contribution in [0.3, 0.4) is 0 Å². The zero-order valence-electron chi connectivity index (χ0n) is 8.61. The third-order valence-electron chi connectivity index (χ3n) is 1.84.